The molecule has 5 aliphatic rings. The van der Waals surface area contributed by atoms with E-state index in [9.17, 15) is 0 Å². The summed E-state index contributed by atoms with van der Waals surface area (Å²) in [6.07, 6.45) is 23.1. The third-order valence-corrected chi connectivity index (χ3v) is 27.9. The summed E-state index contributed by atoms with van der Waals surface area (Å²) < 4.78 is 0. The smallest absolute Gasteiger partial charge is 0.0703 e. The van der Waals surface area contributed by atoms with Crippen LogP contribution in [0.1, 0.15) is 101 Å². The molecule has 0 saturated heterocycles. The van der Waals surface area contributed by atoms with Crippen LogP contribution in [0.15, 0.2) is 91.0 Å². The average Bonchev–Trinajstić information content (AvgIpc) is 3.89. The van der Waals surface area contributed by atoms with E-state index in [1.165, 1.54) is 69.8 Å². The van der Waals surface area contributed by atoms with Crippen molar-refractivity contribution in [1.82, 2.24) is 0 Å². The summed E-state index contributed by atoms with van der Waals surface area (Å²) in [5.41, 5.74) is 5.18. The third kappa shape index (κ3) is 5.36. The normalized spacial score (nSPS) is 35.2. The molecule has 0 amide bonds. The maximum Gasteiger partial charge on any atom is 0.0703 e. The van der Waals surface area contributed by atoms with Crippen molar-refractivity contribution in [2.24, 2.45) is 35.5 Å². The Morgan fingerprint density at radius 1 is 0.659 bits per heavy atom. The van der Waals surface area contributed by atoms with E-state index >= 15 is 0 Å². The zero-order valence-electron chi connectivity index (χ0n) is 27.1. The van der Waals surface area contributed by atoms with Gasteiger partial charge < -0.3 is 0 Å². The Kier molecular flexibility index (Phi) is 8.58. The van der Waals surface area contributed by atoms with Gasteiger partial charge in [0.15, 0.2) is 0 Å². The van der Waals surface area contributed by atoms with Crippen molar-refractivity contribution in [3.05, 3.63) is 102 Å². The lowest BCUT2D eigenvalue weighted by Crippen LogP contribution is -2.58. The van der Waals surface area contributed by atoms with E-state index in [-0.39, 0.29) is 0 Å². The third-order valence-electron chi connectivity index (χ3n) is 13.7. The maximum atomic E-state index is 2.66. The van der Waals surface area contributed by atoms with Gasteiger partial charge in [-0.3, -0.25) is 0 Å². The molecular formula is C42H54Si2. The average molecular weight is 615 g/mol. The molecule has 11 atom stereocenters. The lowest BCUT2D eigenvalue weighted by molar-refractivity contribution is 0.0630. The Hall–Kier alpha value is -2.17. The second-order valence-corrected chi connectivity index (χ2v) is 25.2. The predicted octanol–water partition coefficient (Wildman–Crippen LogP) is 9.34. The van der Waals surface area contributed by atoms with E-state index in [0.717, 1.165) is 46.6 Å². The first kappa shape index (κ1) is 29.2. The van der Waals surface area contributed by atoms with Crippen LogP contribution in [0, 0.1) is 35.5 Å². The second kappa shape index (κ2) is 12.9. The quantitative estimate of drug-likeness (QED) is 0.211. The van der Waals surface area contributed by atoms with Crippen LogP contribution in [0.3, 0.4) is 0 Å². The predicted molar refractivity (Wildman–Crippen MR) is 194 cm³/mol. The Labute approximate surface area is 270 Å². The summed E-state index contributed by atoms with van der Waals surface area (Å²) in [4.78, 5) is 0. The highest BCUT2D eigenvalue weighted by Gasteiger charge is 2.56. The Balaban J connectivity index is 1.18. The summed E-state index contributed by atoms with van der Waals surface area (Å²) in [5.74, 6) is 6.38. The van der Waals surface area contributed by atoms with Gasteiger partial charge in [-0.25, -0.2) is 0 Å². The van der Waals surface area contributed by atoms with Crippen molar-refractivity contribution in [1.29, 1.82) is 0 Å². The molecule has 0 aromatic heterocycles. The maximum absolute atomic E-state index is 2.66. The van der Waals surface area contributed by atoms with Crippen LogP contribution in [0.2, 0.25) is 11.1 Å². The van der Waals surface area contributed by atoms with Crippen molar-refractivity contribution in [2.45, 2.75) is 101 Å². The monoisotopic (exact) mass is 614 g/mol. The fourth-order valence-corrected chi connectivity index (χ4v) is 28.9. The number of unbranched alkanes of at least 4 members (excludes halogenated alkanes) is 1. The number of fused-ring (bicyclic) bond motifs is 3. The van der Waals surface area contributed by atoms with E-state index < -0.39 is 16.6 Å². The molecule has 0 aliphatic heterocycles. The van der Waals surface area contributed by atoms with E-state index in [1.807, 2.05) is 10.4 Å². The minimum absolute atomic E-state index is 0.663. The summed E-state index contributed by atoms with van der Waals surface area (Å²) in [7, 11) is -2.42. The van der Waals surface area contributed by atoms with Gasteiger partial charge in [0, 0.05) is 5.92 Å². The molecule has 0 nitrogen and oxygen atoms in total. The molecule has 0 heterocycles. The SMILES string of the molecule is CCCCC1CCC([SiH](c2ccccc2)[SiH](c2ccccc2)C2CCC3C2CC2CCCC2C3C2C=Cc3ccccc32)C1. The van der Waals surface area contributed by atoms with Gasteiger partial charge in [-0.15, -0.1) is 0 Å². The standard InChI is InChI=1S/C42H54Si2/c1-2-3-13-30-22-24-35(28-30)43(33-16-6-4-7-17-33)44(34-18-8-5-9-19-34)41-27-26-39-40(41)29-32-15-12-21-37(32)42(39)38-25-23-31-14-10-11-20-36(31)38/h4-11,14,16-20,23,25,30,32,35,37-44H,2-3,12-13,15,21-22,24,26-29H2,1H3. The summed E-state index contributed by atoms with van der Waals surface area (Å²) >= 11 is 0. The van der Waals surface area contributed by atoms with Crippen LogP contribution < -0.4 is 10.4 Å². The van der Waals surface area contributed by atoms with Crippen LogP contribution in [-0.4, -0.2) is 16.6 Å². The van der Waals surface area contributed by atoms with Gasteiger partial charge in [0.1, 0.15) is 0 Å². The number of hydrogen-bond donors (Lipinski definition) is 0. The zero-order valence-corrected chi connectivity index (χ0v) is 29.4. The van der Waals surface area contributed by atoms with Gasteiger partial charge in [0.25, 0.3) is 0 Å². The van der Waals surface area contributed by atoms with Gasteiger partial charge in [-0.1, -0.05) is 172 Å². The van der Waals surface area contributed by atoms with Crippen molar-refractivity contribution < 1.29 is 0 Å². The highest BCUT2D eigenvalue weighted by Crippen LogP contribution is 2.63. The van der Waals surface area contributed by atoms with Gasteiger partial charge in [-0.05, 0) is 77.0 Å². The Bertz CT molecular complexity index is 1410. The molecule has 4 saturated carbocycles. The summed E-state index contributed by atoms with van der Waals surface area (Å²) in [5, 5.41) is 3.67. The van der Waals surface area contributed by atoms with Crippen molar-refractivity contribution >= 4 is 33.1 Å². The molecule has 44 heavy (non-hydrogen) atoms. The topological polar surface area (TPSA) is 0 Å². The van der Waals surface area contributed by atoms with E-state index in [2.05, 4.69) is 104 Å². The number of rotatable bonds is 9. The molecule has 3 aromatic carbocycles. The van der Waals surface area contributed by atoms with Gasteiger partial charge in [-0.2, -0.15) is 0 Å². The van der Waals surface area contributed by atoms with Crippen molar-refractivity contribution in [3.8, 4) is 0 Å². The minimum atomic E-state index is -1.23. The first-order chi connectivity index (χ1) is 21.8. The Morgan fingerprint density at radius 3 is 2.20 bits per heavy atom. The van der Waals surface area contributed by atoms with Crippen LogP contribution in [0.4, 0.5) is 0 Å². The fourth-order valence-electron chi connectivity index (χ4n) is 12.1. The summed E-state index contributed by atoms with van der Waals surface area (Å²) in [6.45, 7) is 2.38. The van der Waals surface area contributed by atoms with Crippen LogP contribution >= 0.6 is 0 Å². The number of allylic oxidation sites excluding steroid dienone is 1. The second-order valence-electron chi connectivity index (χ2n) is 15.7. The van der Waals surface area contributed by atoms with Crippen molar-refractivity contribution in [3.63, 3.8) is 0 Å². The number of hydrogen-bond acceptors (Lipinski definition) is 0. The molecule has 3 aromatic rings. The lowest BCUT2D eigenvalue weighted by atomic mass is 9.59. The molecule has 0 bridgehead atoms. The first-order valence-electron chi connectivity index (χ1n) is 18.7. The molecule has 8 rings (SSSR count). The molecule has 4 fully saturated rings. The van der Waals surface area contributed by atoms with Crippen LogP contribution in [-0.2, 0) is 0 Å². The fraction of sp³-hybridized carbons (Fsp3) is 0.524. The molecule has 0 spiro atoms. The lowest BCUT2D eigenvalue weighted by Gasteiger charge is -2.48. The number of benzene rings is 3. The highest BCUT2D eigenvalue weighted by atomic mass is 29.2. The molecule has 0 radical (unpaired) electrons. The van der Waals surface area contributed by atoms with E-state index in [4.69, 9.17) is 0 Å². The van der Waals surface area contributed by atoms with Gasteiger partial charge in [0.05, 0.1) is 16.6 Å². The summed E-state index contributed by atoms with van der Waals surface area (Å²) in [6, 6.07) is 34.0. The van der Waals surface area contributed by atoms with Crippen LogP contribution in [0.25, 0.3) is 6.08 Å². The molecule has 2 heteroatoms. The van der Waals surface area contributed by atoms with E-state index in [0.29, 0.717) is 5.92 Å². The highest BCUT2D eigenvalue weighted by molar-refractivity contribution is 7.34. The van der Waals surface area contributed by atoms with Gasteiger partial charge >= 0.3 is 0 Å². The van der Waals surface area contributed by atoms with Crippen molar-refractivity contribution in [2.75, 3.05) is 0 Å². The molecule has 5 aliphatic carbocycles. The van der Waals surface area contributed by atoms with E-state index in [1.54, 1.807) is 18.4 Å². The molecule has 11 unspecified atom stereocenters. The Morgan fingerprint density at radius 2 is 1.41 bits per heavy atom. The largest absolute Gasteiger partial charge is 0.0761 e. The van der Waals surface area contributed by atoms with Gasteiger partial charge in [0.2, 0.25) is 0 Å². The minimum Gasteiger partial charge on any atom is -0.0761 e. The zero-order chi connectivity index (χ0) is 29.5. The molecule has 0 N–H and O–H groups in total. The first-order valence-corrected chi connectivity index (χ1v) is 23.8. The van der Waals surface area contributed by atoms with Crippen LogP contribution in [0.5, 0.6) is 0 Å². The molecular weight excluding hydrogens is 561 g/mol. The molecule has 230 valence electrons.